The number of halogens is 3. The predicted octanol–water partition coefficient (Wildman–Crippen LogP) is 4.48. The number of nitrogens with zero attached hydrogens (tertiary/aromatic N) is 3. The van der Waals surface area contributed by atoms with E-state index >= 15 is 0 Å². The van der Waals surface area contributed by atoms with Crippen LogP contribution in [0.3, 0.4) is 0 Å². The number of rotatable bonds is 5. The van der Waals surface area contributed by atoms with Crippen LogP contribution in [0.5, 0.6) is 0 Å². The van der Waals surface area contributed by atoms with E-state index in [0.717, 1.165) is 31.7 Å². The van der Waals surface area contributed by atoms with Gasteiger partial charge in [0, 0.05) is 25.7 Å². The fourth-order valence-electron chi connectivity index (χ4n) is 3.59. The standard InChI is InChI=1S/C18H20BrF2N3O/c1-24-9-16(22-10-24)17(25)7-12-4-2-3-11(5-12)6-15-13(20)8-14(21)18(19)23-15/h8-12H,2-7H2,1H3/t11-,12+/m0/s1. The molecule has 1 fully saturated rings. The van der Waals surface area contributed by atoms with Crippen molar-refractivity contribution in [2.75, 3.05) is 0 Å². The zero-order valence-electron chi connectivity index (χ0n) is 14.0. The quantitative estimate of drug-likeness (QED) is 0.538. The molecule has 134 valence electrons. The molecule has 25 heavy (non-hydrogen) atoms. The van der Waals surface area contributed by atoms with Gasteiger partial charge in [-0.3, -0.25) is 4.79 Å². The summed E-state index contributed by atoms with van der Waals surface area (Å²) in [5.41, 5.74) is 0.787. The zero-order chi connectivity index (χ0) is 18.0. The lowest BCUT2D eigenvalue weighted by molar-refractivity contribution is 0.0935. The summed E-state index contributed by atoms with van der Waals surface area (Å²) in [6, 6.07) is 0.872. The molecule has 0 amide bonds. The Balaban J connectivity index is 1.61. The third kappa shape index (κ3) is 4.51. The maximum Gasteiger partial charge on any atom is 0.183 e. The van der Waals surface area contributed by atoms with E-state index in [9.17, 15) is 13.6 Å². The van der Waals surface area contributed by atoms with Crippen molar-refractivity contribution in [3.05, 3.63) is 46.2 Å². The summed E-state index contributed by atoms with van der Waals surface area (Å²) in [6.07, 6.45) is 8.14. The summed E-state index contributed by atoms with van der Waals surface area (Å²) >= 11 is 3.01. The van der Waals surface area contributed by atoms with E-state index in [1.807, 2.05) is 7.05 Å². The van der Waals surface area contributed by atoms with Crippen LogP contribution in [0.4, 0.5) is 8.78 Å². The van der Waals surface area contributed by atoms with Crippen molar-refractivity contribution in [1.82, 2.24) is 14.5 Å². The Kier molecular flexibility index (Phi) is 5.61. The van der Waals surface area contributed by atoms with Gasteiger partial charge in [-0.2, -0.15) is 0 Å². The second-order valence-corrected chi connectivity index (χ2v) is 7.60. The van der Waals surface area contributed by atoms with Gasteiger partial charge in [0.2, 0.25) is 0 Å². The molecule has 0 saturated heterocycles. The maximum absolute atomic E-state index is 13.9. The minimum Gasteiger partial charge on any atom is -0.340 e. The molecule has 2 aromatic heterocycles. The molecule has 0 unspecified atom stereocenters. The van der Waals surface area contributed by atoms with E-state index in [1.165, 1.54) is 0 Å². The first-order chi connectivity index (χ1) is 11.9. The lowest BCUT2D eigenvalue weighted by Gasteiger charge is -2.28. The summed E-state index contributed by atoms with van der Waals surface area (Å²) in [6.45, 7) is 0. The normalized spacial score (nSPS) is 20.6. The minimum atomic E-state index is -0.691. The fourth-order valence-corrected chi connectivity index (χ4v) is 3.92. The fraction of sp³-hybridized carbons (Fsp3) is 0.500. The van der Waals surface area contributed by atoms with Gasteiger partial charge < -0.3 is 4.57 Å². The molecule has 2 heterocycles. The second-order valence-electron chi connectivity index (χ2n) is 6.84. The van der Waals surface area contributed by atoms with Crippen molar-refractivity contribution < 1.29 is 13.6 Å². The largest absolute Gasteiger partial charge is 0.340 e. The van der Waals surface area contributed by atoms with Crippen LogP contribution < -0.4 is 0 Å². The number of carbonyl (C=O) groups excluding carboxylic acids is 1. The number of aryl methyl sites for hydroxylation is 1. The van der Waals surface area contributed by atoms with Crippen LogP contribution in [0.15, 0.2) is 23.2 Å². The third-order valence-corrected chi connectivity index (χ3v) is 5.35. The average Bonchev–Trinajstić information content (AvgIpc) is 3.00. The monoisotopic (exact) mass is 411 g/mol. The SMILES string of the molecule is Cn1cnc(C(=O)C[C@@H]2CCC[C@H](Cc3nc(Br)c(F)cc3F)C2)c1. The molecule has 0 spiro atoms. The van der Waals surface area contributed by atoms with E-state index in [0.29, 0.717) is 18.5 Å². The van der Waals surface area contributed by atoms with Gasteiger partial charge in [-0.15, -0.1) is 0 Å². The van der Waals surface area contributed by atoms with Gasteiger partial charge in [0.05, 0.1) is 12.0 Å². The molecule has 0 radical (unpaired) electrons. The summed E-state index contributed by atoms with van der Waals surface area (Å²) in [7, 11) is 1.84. The molecule has 7 heteroatoms. The molecule has 1 aliphatic carbocycles. The Morgan fingerprint density at radius 2 is 2.08 bits per heavy atom. The molecule has 0 aromatic carbocycles. The second kappa shape index (κ2) is 7.72. The van der Waals surface area contributed by atoms with E-state index < -0.39 is 11.6 Å². The number of hydrogen-bond acceptors (Lipinski definition) is 3. The van der Waals surface area contributed by atoms with Gasteiger partial charge in [-0.05, 0) is 47.0 Å². The van der Waals surface area contributed by atoms with Crippen molar-refractivity contribution in [3.8, 4) is 0 Å². The Morgan fingerprint density at radius 1 is 1.32 bits per heavy atom. The highest BCUT2D eigenvalue weighted by Gasteiger charge is 2.26. The molecule has 0 aliphatic heterocycles. The molecular weight excluding hydrogens is 392 g/mol. The van der Waals surface area contributed by atoms with Crippen LogP contribution in [-0.4, -0.2) is 20.3 Å². The summed E-state index contributed by atoms with van der Waals surface area (Å²) in [5.74, 6) is -0.703. The Hall–Kier alpha value is -1.63. The molecule has 1 aliphatic rings. The molecular formula is C18H20BrF2N3O. The van der Waals surface area contributed by atoms with Gasteiger partial charge in [0.25, 0.3) is 0 Å². The van der Waals surface area contributed by atoms with E-state index in [2.05, 4.69) is 25.9 Å². The van der Waals surface area contributed by atoms with Crippen LogP contribution in [0.25, 0.3) is 0 Å². The zero-order valence-corrected chi connectivity index (χ0v) is 15.6. The molecule has 0 N–H and O–H groups in total. The summed E-state index contributed by atoms with van der Waals surface area (Å²) in [5, 5.41) is 0. The van der Waals surface area contributed by atoms with Gasteiger partial charge in [0.15, 0.2) is 11.6 Å². The van der Waals surface area contributed by atoms with Crippen molar-refractivity contribution in [3.63, 3.8) is 0 Å². The number of Topliss-reactive ketones (excluding diaryl/α,β-unsaturated/α-hetero) is 1. The number of carbonyl (C=O) groups is 1. The summed E-state index contributed by atoms with van der Waals surface area (Å²) in [4.78, 5) is 20.4. The number of ketones is 1. The van der Waals surface area contributed by atoms with Crippen molar-refractivity contribution >= 4 is 21.7 Å². The van der Waals surface area contributed by atoms with Crippen LogP contribution in [-0.2, 0) is 13.5 Å². The van der Waals surface area contributed by atoms with Crippen molar-refractivity contribution in [2.24, 2.45) is 18.9 Å². The Labute approximate surface area is 153 Å². The van der Waals surface area contributed by atoms with Gasteiger partial charge in [-0.25, -0.2) is 18.7 Å². The summed E-state index contributed by atoms with van der Waals surface area (Å²) < 4.78 is 29.0. The molecule has 2 atom stereocenters. The minimum absolute atomic E-state index is 0.0431. The predicted molar refractivity (Wildman–Crippen MR) is 93.2 cm³/mol. The highest BCUT2D eigenvalue weighted by molar-refractivity contribution is 9.10. The third-order valence-electron chi connectivity index (χ3n) is 4.80. The van der Waals surface area contributed by atoms with Crippen LogP contribution in [0.2, 0.25) is 0 Å². The van der Waals surface area contributed by atoms with Crippen LogP contribution in [0, 0.1) is 23.5 Å². The van der Waals surface area contributed by atoms with Crippen molar-refractivity contribution in [1.29, 1.82) is 0 Å². The number of aromatic nitrogens is 3. The van der Waals surface area contributed by atoms with Crippen LogP contribution >= 0.6 is 15.9 Å². The molecule has 4 nitrogen and oxygen atoms in total. The lowest BCUT2D eigenvalue weighted by atomic mass is 9.77. The molecule has 1 saturated carbocycles. The van der Waals surface area contributed by atoms with Crippen molar-refractivity contribution in [2.45, 2.75) is 38.5 Å². The highest BCUT2D eigenvalue weighted by Crippen LogP contribution is 2.34. The average molecular weight is 412 g/mol. The topological polar surface area (TPSA) is 47.8 Å². The smallest absolute Gasteiger partial charge is 0.183 e. The highest BCUT2D eigenvalue weighted by atomic mass is 79.9. The first-order valence-corrected chi connectivity index (χ1v) is 9.23. The van der Waals surface area contributed by atoms with E-state index in [1.54, 1.807) is 17.1 Å². The number of pyridine rings is 1. The first kappa shape index (κ1) is 18.2. The first-order valence-electron chi connectivity index (χ1n) is 8.44. The van der Waals surface area contributed by atoms with Gasteiger partial charge >= 0.3 is 0 Å². The Bertz CT molecular complexity index is 778. The molecule has 2 aromatic rings. The van der Waals surface area contributed by atoms with Gasteiger partial charge in [-0.1, -0.05) is 12.8 Å². The number of hydrogen-bond donors (Lipinski definition) is 0. The Morgan fingerprint density at radius 3 is 2.80 bits per heavy atom. The number of imidazole rings is 1. The van der Waals surface area contributed by atoms with Gasteiger partial charge in [0.1, 0.15) is 16.1 Å². The van der Waals surface area contributed by atoms with E-state index in [4.69, 9.17) is 0 Å². The maximum atomic E-state index is 13.9. The molecule has 0 bridgehead atoms. The molecule has 3 rings (SSSR count). The van der Waals surface area contributed by atoms with Crippen LogP contribution in [0.1, 0.15) is 48.3 Å². The lowest BCUT2D eigenvalue weighted by Crippen LogP contribution is -2.21. The van der Waals surface area contributed by atoms with E-state index in [-0.39, 0.29) is 27.9 Å².